The van der Waals surface area contributed by atoms with Gasteiger partial charge in [0, 0.05) is 17.8 Å². The summed E-state index contributed by atoms with van der Waals surface area (Å²) in [5, 5.41) is 30.2. The third kappa shape index (κ3) is 9.62. The van der Waals surface area contributed by atoms with Crippen molar-refractivity contribution in [3.63, 3.8) is 0 Å². The van der Waals surface area contributed by atoms with Crippen LogP contribution in [0, 0.1) is 6.92 Å². The molecule has 0 saturated carbocycles. The van der Waals surface area contributed by atoms with Gasteiger partial charge in [-0.15, -0.1) is 0 Å². The highest BCUT2D eigenvalue weighted by Gasteiger charge is 2.28. The lowest BCUT2D eigenvalue weighted by molar-refractivity contribution is -0.246. The van der Waals surface area contributed by atoms with Crippen molar-refractivity contribution in [1.82, 2.24) is 15.6 Å². The zero-order valence-electron chi connectivity index (χ0n) is 27.2. The number of carboxylic acid groups (broad SMARTS) is 1. The highest BCUT2D eigenvalue weighted by Crippen LogP contribution is 2.23. The molecular weight excluding hydrogens is 616 g/mol. The fourth-order valence-corrected chi connectivity index (χ4v) is 5.84. The van der Waals surface area contributed by atoms with E-state index in [1.807, 2.05) is 79.7 Å². The molecule has 0 aliphatic heterocycles. The Labute approximate surface area is 286 Å². The van der Waals surface area contributed by atoms with Crippen LogP contribution in [0.5, 0.6) is 0 Å². The quantitative estimate of drug-likeness (QED) is 0.156. The van der Waals surface area contributed by atoms with Gasteiger partial charge in [0.2, 0.25) is 0 Å². The number of para-hydroxylation sites is 1. The molecule has 0 saturated heterocycles. The van der Waals surface area contributed by atoms with Crippen LogP contribution in [-0.2, 0) is 19.4 Å². The molecule has 0 radical (unpaired) electrons. The van der Waals surface area contributed by atoms with Crippen LogP contribution in [0.15, 0.2) is 134 Å². The van der Waals surface area contributed by atoms with E-state index in [4.69, 9.17) is 0 Å². The van der Waals surface area contributed by atoms with Gasteiger partial charge in [0.05, 0.1) is 35.6 Å². The van der Waals surface area contributed by atoms with E-state index >= 15 is 0 Å². The number of rotatable bonds is 14. The van der Waals surface area contributed by atoms with E-state index in [1.54, 1.807) is 60.8 Å². The summed E-state index contributed by atoms with van der Waals surface area (Å²) in [7, 11) is 0. The predicted octanol–water partition coefficient (Wildman–Crippen LogP) is 4.87. The monoisotopic (exact) mass is 655 g/mol. The van der Waals surface area contributed by atoms with Crippen molar-refractivity contribution in [3.8, 4) is 0 Å². The number of carbonyl (C=O) groups excluding carboxylic acids is 3. The molecule has 1 aromatic heterocycles. The molecule has 5 rings (SSSR count). The van der Waals surface area contributed by atoms with Gasteiger partial charge in [0.1, 0.15) is 6.09 Å². The average molecular weight is 656 g/mol. The lowest BCUT2D eigenvalue weighted by Crippen LogP contribution is -2.49. The third-order valence-electron chi connectivity index (χ3n) is 8.36. The highest BCUT2D eigenvalue weighted by molar-refractivity contribution is 6.03. The van der Waals surface area contributed by atoms with E-state index in [1.165, 1.54) is 0 Å². The second-order valence-electron chi connectivity index (χ2n) is 11.9. The summed E-state index contributed by atoms with van der Waals surface area (Å²) in [6, 6.07) is 36.7. The van der Waals surface area contributed by atoms with Crippen LogP contribution >= 0.6 is 0 Å². The number of aliphatic hydroxyl groups is 1. The first-order valence-corrected chi connectivity index (χ1v) is 16.2. The van der Waals surface area contributed by atoms with Crippen molar-refractivity contribution in [1.29, 1.82) is 0 Å². The largest absolute Gasteiger partial charge is 0.530 e. The first-order valence-electron chi connectivity index (χ1n) is 16.2. The molecule has 0 bridgehead atoms. The van der Waals surface area contributed by atoms with Crippen LogP contribution in [0.1, 0.15) is 49.5 Å². The van der Waals surface area contributed by atoms with Crippen molar-refractivity contribution in [2.24, 2.45) is 0 Å². The van der Waals surface area contributed by atoms with Crippen molar-refractivity contribution >= 4 is 23.6 Å². The van der Waals surface area contributed by atoms with Crippen molar-refractivity contribution < 1.29 is 24.6 Å². The number of nitrogens with zero attached hydrogens (tertiary/aromatic N) is 2. The maximum atomic E-state index is 14.0. The Bertz CT molecular complexity index is 1840. The normalized spacial score (nSPS) is 12.7. The maximum absolute atomic E-state index is 14.0. The zero-order valence-corrected chi connectivity index (χ0v) is 27.2. The van der Waals surface area contributed by atoms with Gasteiger partial charge < -0.3 is 30.5 Å². The summed E-state index contributed by atoms with van der Waals surface area (Å²) in [6.45, 7) is 1.75. The molecule has 0 fully saturated rings. The number of benzene rings is 4. The molecule has 250 valence electrons. The fraction of sp³-hybridized carbons (Fsp3) is 0.200. The fourth-order valence-electron chi connectivity index (χ4n) is 5.84. The molecule has 1 heterocycles. The van der Waals surface area contributed by atoms with Crippen molar-refractivity contribution in [2.45, 2.75) is 50.9 Å². The Balaban J connectivity index is 1.41. The minimum Gasteiger partial charge on any atom is -0.530 e. The molecule has 9 heteroatoms. The van der Waals surface area contributed by atoms with E-state index in [-0.39, 0.29) is 30.1 Å². The van der Waals surface area contributed by atoms with E-state index in [0.717, 1.165) is 21.6 Å². The third-order valence-corrected chi connectivity index (χ3v) is 8.36. The van der Waals surface area contributed by atoms with Gasteiger partial charge in [-0.25, -0.2) is 0 Å². The summed E-state index contributed by atoms with van der Waals surface area (Å²) in [5.41, 5.74) is 3.97. The number of aromatic nitrogens is 1. The number of anilines is 1. The van der Waals surface area contributed by atoms with Crippen LogP contribution in [0.4, 0.5) is 10.5 Å². The van der Waals surface area contributed by atoms with Crippen LogP contribution < -0.4 is 20.6 Å². The predicted molar refractivity (Wildman–Crippen MR) is 187 cm³/mol. The summed E-state index contributed by atoms with van der Waals surface area (Å²) < 4.78 is 0. The van der Waals surface area contributed by atoms with Gasteiger partial charge in [0.25, 0.3) is 11.8 Å². The van der Waals surface area contributed by atoms with Crippen LogP contribution in [0.25, 0.3) is 0 Å². The number of nitrogens with one attached hydrogen (secondary N) is 2. The van der Waals surface area contributed by atoms with Crippen LogP contribution in [0.2, 0.25) is 0 Å². The zero-order chi connectivity index (χ0) is 34.6. The smallest absolute Gasteiger partial charge is 0.253 e. The molecular formula is C40H39N4O5-. The molecule has 4 aromatic carbocycles. The summed E-state index contributed by atoms with van der Waals surface area (Å²) in [6.07, 6.45) is -0.116. The number of aryl methyl sites for hydroxylation is 1. The molecule has 3 atom stereocenters. The highest BCUT2D eigenvalue weighted by atomic mass is 16.4. The molecule has 5 aromatic rings. The second-order valence-corrected chi connectivity index (χ2v) is 11.9. The number of amides is 3. The number of hydrogen-bond donors (Lipinski definition) is 3. The minimum atomic E-state index is -1.48. The van der Waals surface area contributed by atoms with Gasteiger partial charge in [-0.05, 0) is 73.2 Å². The number of carbonyl (C=O) groups is 3. The molecule has 0 aliphatic rings. The molecule has 9 nitrogen and oxygen atoms in total. The Morgan fingerprint density at radius 3 is 1.92 bits per heavy atom. The van der Waals surface area contributed by atoms with Crippen LogP contribution in [-0.4, -0.2) is 46.2 Å². The number of pyridine rings is 1. The SMILES string of the molecule is Cc1ccccc1C(=O)N[C@@H](Cc1ccccc1)[C@@H](O)C[C@H](Cc1ccccc1)NC(=O)c1ccccc1N(Cc1ccccn1)C(=O)[O-]. The van der Waals surface area contributed by atoms with Crippen LogP contribution in [0.3, 0.4) is 0 Å². The Hall–Kier alpha value is -5.80. The molecule has 0 unspecified atom stereocenters. The summed E-state index contributed by atoms with van der Waals surface area (Å²) in [4.78, 5) is 44.9. The average Bonchev–Trinajstić information content (AvgIpc) is 3.11. The van der Waals surface area contributed by atoms with E-state index < -0.39 is 30.2 Å². The molecule has 0 aliphatic carbocycles. The van der Waals surface area contributed by atoms with Gasteiger partial charge in [0.15, 0.2) is 0 Å². The first kappa shape index (κ1) is 34.5. The Morgan fingerprint density at radius 1 is 0.714 bits per heavy atom. The van der Waals surface area contributed by atoms with E-state index in [9.17, 15) is 24.6 Å². The lowest BCUT2D eigenvalue weighted by Gasteiger charge is -2.30. The Morgan fingerprint density at radius 2 is 1.29 bits per heavy atom. The molecule has 0 spiro atoms. The number of hydrogen-bond acceptors (Lipinski definition) is 6. The van der Waals surface area contributed by atoms with Crippen molar-refractivity contribution in [2.75, 3.05) is 4.90 Å². The Kier molecular flexibility index (Phi) is 11.9. The minimum absolute atomic E-state index is 0.104. The van der Waals surface area contributed by atoms with E-state index in [2.05, 4.69) is 15.6 Å². The van der Waals surface area contributed by atoms with Gasteiger partial charge in [-0.1, -0.05) is 97.1 Å². The summed E-state index contributed by atoms with van der Waals surface area (Å²) in [5.74, 6) is -0.814. The van der Waals surface area contributed by atoms with E-state index in [0.29, 0.717) is 24.1 Å². The molecule has 3 amide bonds. The maximum Gasteiger partial charge on any atom is 0.253 e. The summed E-state index contributed by atoms with van der Waals surface area (Å²) >= 11 is 0. The molecule has 3 N–H and O–H groups in total. The number of aliphatic hydroxyl groups excluding tert-OH is 1. The van der Waals surface area contributed by atoms with Gasteiger partial charge in [-0.2, -0.15) is 0 Å². The van der Waals surface area contributed by atoms with Gasteiger partial charge >= 0.3 is 0 Å². The van der Waals surface area contributed by atoms with Gasteiger partial charge in [-0.3, -0.25) is 14.6 Å². The lowest BCUT2D eigenvalue weighted by atomic mass is 9.93. The standard InChI is InChI=1S/C40H40N4O5/c1-28-14-8-9-20-33(28)38(46)43-35(25-30-17-6-3-7-18-30)37(45)26-32(24-29-15-4-2-5-16-29)42-39(47)34-21-10-11-22-36(34)44(40(48)49)27-31-19-12-13-23-41-31/h2-23,32,35,37,45H,24-27H2,1H3,(H,42,47)(H,43,46)(H,48,49)/p-1/t32-,35-,37-/m0/s1. The first-order chi connectivity index (χ1) is 23.8. The topological polar surface area (TPSA) is 135 Å². The molecule has 49 heavy (non-hydrogen) atoms. The van der Waals surface area contributed by atoms with Crippen molar-refractivity contribution in [3.05, 3.63) is 167 Å². The second kappa shape index (κ2) is 16.9.